The van der Waals surface area contributed by atoms with Crippen molar-refractivity contribution >= 4 is 23.2 Å². The van der Waals surface area contributed by atoms with Gasteiger partial charge in [-0.15, -0.1) is 11.8 Å². The monoisotopic (exact) mass is 453 g/mol. The van der Waals surface area contributed by atoms with E-state index in [1.54, 1.807) is 26.0 Å². The Kier molecular flexibility index (Phi) is 7.19. The highest BCUT2D eigenvalue weighted by Gasteiger charge is 2.26. The molecule has 3 aromatic rings. The summed E-state index contributed by atoms with van der Waals surface area (Å²) < 4.78 is 13.5. The van der Waals surface area contributed by atoms with E-state index in [0.29, 0.717) is 0 Å². The van der Waals surface area contributed by atoms with E-state index in [1.165, 1.54) is 37.9 Å². The molecular formula is C26H35N3O2S. The molecule has 2 heterocycles. The van der Waals surface area contributed by atoms with Crippen molar-refractivity contribution < 1.29 is 9.47 Å². The van der Waals surface area contributed by atoms with Crippen LogP contribution in [0.25, 0.3) is 16.8 Å². The van der Waals surface area contributed by atoms with E-state index >= 15 is 0 Å². The van der Waals surface area contributed by atoms with E-state index < -0.39 is 0 Å². The summed E-state index contributed by atoms with van der Waals surface area (Å²) in [5, 5.41) is 1.10. The third kappa shape index (κ3) is 4.29. The first-order valence-electron chi connectivity index (χ1n) is 11.6. The highest BCUT2D eigenvalue weighted by molar-refractivity contribution is 7.98. The largest absolute Gasteiger partial charge is 0.497 e. The molecule has 4 rings (SSSR count). The van der Waals surface area contributed by atoms with Crippen molar-refractivity contribution in [1.29, 1.82) is 0 Å². The molecule has 1 saturated carbocycles. The van der Waals surface area contributed by atoms with E-state index in [4.69, 9.17) is 14.5 Å². The van der Waals surface area contributed by atoms with Crippen molar-refractivity contribution in [1.82, 2.24) is 9.38 Å². The highest BCUT2D eigenvalue weighted by atomic mass is 32.2. The Bertz CT molecular complexity index is 1070. The van der Waals surface area contributed by atoms with Crippen LogP contribution in [0.5, 0.6) is 11.5 Å². The number of pyridine rings is 1. The molecule has 0 radical (unpaired) electrons. The second-order valence-corrected chi connectivity index (χ2v) is 9.47. The molecule has 0 saturated heterocycles. The number of benzene rings is 1. The Morgan fingerprint density at radius 2 is 2.03 bits per heavy atom. The maximum atomic E-state index is 5.78. The van der Waals surface area contributed by atoms with Crippen LogP contribution in [0.1, 0.15) is 44.6 Å². The van der Waals surface area contributed by atoms with Gasteiger partial charge in [-0.05, 0) is 62.1 Å². The van der Waals surface area contributed by atoms with Gasteiger partial charge in [-0.3, -0.25) is 4.40 Å². The zero-order valence-electron chi connectivity index (χ0n) is 20.0. The minimum atomic E-state index is 0.801. The van der Waals surface area contributed by atoms with Gasteiger partial charge in [0.2, 0.25) is 0 Å². The lowest BCUT2D eigenvalue weighted by Crippen LogP contribution is -2.34. The summed E-state index contributed by atoms with van der Waals surface area (Å²) in [7, 11) is 3.40. The van der Waals surface area contributed by atoms with Crippen LogP contribution in [0.4, 0.5) is 5.82 Å². The number of anilines is 1. The normalized spacial score (nSPS) is 13.9. The van der Waals surface area contributed by atoms with E-state index in [9.17, 15) is 0 Å². The lowest BCUT2D eigenvalue weighted by molar-refractivity contribution is 0.316. The van der Waals surface area contributed by atoms with Crippen LogP contribution < -0.4 is 14.4 Å². The van der Waals surface area contributed by atoms with Gasteiger partial charge in [0.15, 0.2) is 0 Å². The van der Waals surface area contributed by atoms with Crippen molar-refractivity contribution in [2.45, 2.75) is 51.0 Å². The van der Waals surface area contributed by atoms with Crippen LogP contribution in [-0.4, -0.2) is 42.9 Å². The van der Waals surface area contributed by atoms with Gasteiger partial charge in [0.05, 0.1) is 14.2 Å². The third-order valence-corrected chi connectivity index (χ3v) is 7.23. The number of methoxy groups -OCH3 is 2. The molecule has 0 atom stereocenters. The minimum Gasteiger partial charge on any atom is -0.497 e. The van der Waals surface area contributed by atoms with Gasteiger partial charge < -0.3 is 14.4 Å². The lowest BCUT2D eigenvalue weighted by atomic mass is 9.85. The quantitative estimate of drug-likeness (QED) is 0.330. The van der Waals surface area contributed by atoms with Crippen molar-refractivity contribution in [3.8, 4) is 22.6 Å². The molecule has 1 aliphatic rings. The van der Waals surface area contributed by atoms with Gasteiger partial charge in [-0.1, -0.05) is 19.8 Å². The zero-order valence-corrected chi connectivity index (χ0v) is 20.8. The average molecular weight is 454 g/mol. The van der Waals surface area contributed by atoms with E-state index in [-0.39, 0.29) is 0 Å². The predicted molar refractivity (Wildman–Crippen MR) is 135 cm³/mol. The molecule has 6 heteroatoms. The summed E-state index contributed by atoms with van der Waals surface area (Å²) in [6.45, 7) is 6.57. The second kappa shape index (κ2) is 10.1. The Morgan fingerprint density at radius 1 is 1.22 bits per heavy atom. The van der Waals surface area contributed by atoms with Crippen LogP contribution >= 0.6 is 11.8 Å². The van der Waals surface area contributed by atoms with Gasteiger partial charge >= 0.3 is 0 Å². The summed E-state index contributed by atoms with van der Waals surface area (Å²) >= 11 is 1.73. The van der Waals surface area contributed by atoms with Crippen LogP contribution in [-0.2, 0) is 0 Å². The summed E-state index contributed by atoms with van der Waals surface area (Å²) in [6.07, 6.45) is 10.7. The molecule has 0 N–H and O–H groups in total. The second-order valence-electron chi connectivity index (χ2n) is 8.68. The van der Waals surface area contributed by atoms with E-state index in [1.807, 2.05) is 6.07 Å². The van der Waals surface area contributed by atoms with Gasteiger partial charge in [-0.2, -0.15) is 0 Å². The van der Waals surface area contributed by atoms with Crippen molar-refractivity contribution in [2.75, 3.05) is 38.5 Å². The fourth-order valence-corrected chi connectivity index (χ4v) is 5.21. The first kappa shape index (κ1) is 22.8. The fraction of sp³-hybridized carbons (Fsp3) is 0.500. The van der Waals surface area contributed by atoms with Gasteiger partial charge in [0.1, 0.15) is 28.0 Å². The van der Waals surface area contributed by atoms with Gasteiger partial charge in [-0.25, -0.2) is 4.98 Å². The number of rotatable bonds is 10. The minimum absolute atomic E-state index is 0.801. The molecule has 0 amide bonds. The maximum absolute atomic E-state index is 5.78. The van der Waals surface area contributed by atoms with Crippen LogP contribution in [0.2, 0.25) is 0 Å². The van der Waals surface area contributed by atoms with Gasteiger partial charge in [0.25, 0.3) is 0 Å². The average Bonchev–Trinajstić information content (AvgIpc) is 3.16. The summed E-state index contributed by atoms with van der Waals surface area (Å²) in [4.78, 5) is 7.73. The maximum Gasteiger partial charge on any atom is 0.147 e. The predicted octanol–water partition coefficient (Wildman–Crippen LogP) is 6.46. The molecule has 1 fully saturated rings. The Balaban J connectivity index is 1.87. The SMILES string of the molecule is CCCCN(CC1CCC1)c1c(SC)nc2c(-c3c(C)cc(OC)cc3OC)cccn12. The molecular weight excluding hydrogens is 418 g/mol. The third-order valence-electron chi connectivity index (χ3n) is 6.57. The molecule has 1 aliphatic carbocycles. The van der Waals surface area contributed by atoms with Crippen molar-refractivity contribution in [3.63, 3.8) is 0 Å². The number of hydrogen-bond acceptors (Lipinski definition) is 5. The highest BCUT2D eigenvalue weighted by Crippen LogP contribution is 2.41. The summed E-state index contributed by atoms with van der Waals surface area (Å²) in [5.41, 5.74) is 4.25. The van der Waals surface area contributed by atoms with Crippen LogP contribution in [0.15, 0.2) is 35.5 Å². The molecule has 2 aromatic heterocycles. The smallest absolute Gasteiger partial charge is 0.147 e. The number of fused-ring (bicyclic) bond motifs is 1. The van der Waals surface area contributed by atoms with Crippen LogP contribution in [0, 0.1) is 12.8 Å². The van der Waals surface area contributed by atoms with Gasteiger partial charge in [0, 0.05) is 36.5 Å². The molecule has 172 valence electrons. The standard InChI is InChI=1S/C26H35N3O2S/c1-6-7-13-28(17-19-10-8-11-19)26-25(32-5)27-24-21(12-9-14-29(24)26)23-18(2)15-20(30-3)16-22(23)31-4/h9,12,14-16,19H,6-8,10-11,13,17H2,1-5H3. The topological polar surface area (TPSA) is 39.0 Å². The number of imidazole rings is 1. The lowest BCUT2D eigenvalue weighted by Gasteiger charge is -2.33. The number of unbranched alkanes of at least 4 members (excludes halogenated alkanes) is 1. The number of aromatic nitrogens is 2. The van der Waals surface area contributed by atoms with E-state index in [2.05, 4.69) is 53.8 Å². The Morgan fingerprint density at radius 3 is 2.66 bits per heavy atom. The first-order valence-corrected chi connectivity index (χ1v) is 12.9. The molecule has 0 aliphatic heterocycles. The number of nitrogens with zero attached hydrogens (tertiary/aromatic N) is 3. The Labute approximate surface area is 196 Å². The Hall–Kier alpha value is -2.34. The molecule has 32 heavy (non-hydrogen) atoms. The number of aryl methyl sites for hydroxylation is 1. The molecule has 1 aromatic carbocycles. The van der Waals surface area contributed by atoms with Crippen LogP contribution in [0.3, 0.4) is 0 Å². The van der Waals surface area contributed by atoms with Crippen molar-refractivity contribution in [2.24, 2.45) is 5.92 Å². The zero-order chi connectivity index (χ0) is 22.7. The molecule has 0 spiro atoms. The summed E-state index contributed by atoms with van der Waals surface area (Å²) in [5.74, 6) is 3.65. The molecule has 5 nitrogen and oxygen atoms in total. The summed E-state index contributed by atoms with van der Waals surface area (Å²) in [6, 6.07) is 8.29. The molecule has 0 bridgehead atoms. The number of ether oxygens (including phenoxy) is 2. The fourth-order valence-electron chi connectivity index (χ4n) is 4.62. The molecule has 0 unspecified atom stereocenters. The number of thioether (sulfide) groups is 1. The van der Waals surface area contributed by atoms with E-state index in [0.717, 1.165) is 57.9 Å². The first-order chi connectivity index (χ1) is 15.6. The van der Waals surface area contributed by atoms with Crippen molar-refractivity contribution in [3.05, 3.63) is 36.0 Å². The number of hydrogen-bond donors (Lipinski definition) is 0.